The fraction of sp³-hybridized carbons (Fsp3) is 0.179. The topological polar surface area (TPSA) is 123 Å². The number of nitrogens with zero attached hydrogens (tertiary/aromatic N) is 8. The molecule has 1 amide bonds. The molecule has 40 heavy (non-hydrogen) atoms. The van der Waals surface area contributed by atoms with Gasteiger partial charge in [0.1, 0.15) is 16.5 Å². The van der Waals surface area contributed by atoms with Gasteiger partial charge in [0.05, 0.1) is 31.0 Å². The highest BCUT2D eigenvalue weighted by Crippen LogP contribution is 2.33. The van der Waals surface area contributed by atoms with Gasteiger partial charge in [0.2, 0.25) is 0 Å². The average molecular weight is 569 g/mol. The van der Waals surface area contributed by atoms with Crippen molar-refractivity contribution >= 4 is 29.0 Å². The highest BCUT2D eigenvalue weighted by Gasteiger charge is 2.22. The van der Waals surface area contributed by atoms with Crippen LogP contribution >= 0.6 is 23.1 Å². The summed E-state index contributed by atoms with van der Waals surface area (Å²) in [5.74, 6) is 1.59. The largest absolute Gasteiger partial charge is 0.495 e. The molecule has 12 heteroatoms. The Morgan fingerprint density at radius 2 is 1.93 bits per heavy atom. The van der Waals surface area contributed by atoms with E-state index in [9.17, 15) is 4.79 Å². The van der Waals surface area contributed by atoms with Crippen molar-refractivity contribution in [1.82, 2.24) is 34.6 Å². The SMILES string of the molecule is COc1ccccc1-n1c(SCc2nc(C(=O)N(CCC#N)Cc3cccnc3)cs2)nnc1-c1cccnc1. The zero-order valence-electron chi connectivity index (χ0n) is 21.5. The van der Waals surface area contributed by atoms with E-state index in [-0.39, 0.29) is 12.3 Å². The number of benzene rings is 1. The molecule has 10 nitrogen and oxygen atoms in total. The van der Waals surface area contributed by atoms with E-state index in [1.54, 1.807) is 42.2 Å². The van der Waals surface area contributed by atoms with Gasteiger partial charge in [-0.05, 0) is 35.9 Å². The van der Waals surface area contributed by atoms with Gasteiger partial charge in [0, 0.05) is 48.8 Å². The molecule has 4 aromatic heterocycles. The van der Waals surface area contributed by atoms with Crippen molar-refractivity contribution in [2.24, 2.45) is 0 Å². The lowest BCUT2D eigenvalue weighted by atomic mass is 10.2. The number of ether oxygens (including phenoxy) is 1. The van der Waals surface area contributed by atoms with Crippen LogP contribution in [0, 0.1) is 11.3 Å². The first-order chi connectivity index (χ1) is 19.7. The van der Waals surface area contributed by atoms with E-state index in [4.69, 9.17) is 10.00 Å². The first-order valence-corrected chi connectivity index (χ1v) is 14.2. The van der Waals surface area contributed by atoms with Crippen molar-refractivity contribution < 1.29 is 9.53 Å². The Hall–Kier alpha value is -4.60. The van der Waals surface area contributed by atoms with Crippen molar-refractivity contribution in [3.05, 3.63) is 95.0 Å². The Labute approximate surface area is 239 Å². The van der Waals surface area contributed by atoms with Gasteiger partial charge >= 0.3 is 0 Å². The fourth-order valence-corrected chi connectivity index (χ4v) is 5.72. The molecule has 1 aromatic carbocycles. The first kappa shape index (κ1) is 27.0. The lowest BCUT2D eigenvalue weighted by Crippen LogP contribution is -2.31. The number of aromatic nitrogens is 6. The van der Waals surface area contributed by atoms with Crippen molar-refractivity contribution in [3.8, 4) is 28.9 Å². The van der Waals surface area contributed by atoms with E-state index < -0.39 is 0 Å². The molecule has 0 aliphatic rings. The fourth-order valence-electron chi connectivity index (χ4n) is 3.99. The molecule has 0 saturated carbocycles. The van der Waals surface area contributed by atoms with Crippen molar-refractivity contribution in [1.29, 1.82) is 5.26 Å². The Bertz CT molecular complexity index is 1620. The summed E-state index contributed by atoms with van der Waals surface area (Å²) in [6.07, 6.45) is 7.09. The monoisotopic (exact) mass is 568 g/mol. The molecule has 0 fully saturated rings. The molecular weight excluding hydrogens is 544 g/mol. The van der Waals surface area contributed by atoms with Gasteiger partial charge in [0.25, 0.3) is 5.91 Å². The summed E-state index contributed by atoms with van der Waals surface area (Å²) >= 11 is 2.87. The minimum atomic E-state index is -0.220. The predicted octanol–water partition coefficient (Wildman–Crippen LogP) is 5.04. The number of rotatable bonds is 11. The molecule has 0 N–H and O–H groups in total. The van der Waals surface area contributed by atoms with Crippen LogP contribution in [0.15, 0.2) is 83.9 Å². The van der Waals surface area contributed by atoms with E-state index in [0.29, 0.717) is 41.3 Å². The first-order valence-electron chi connectivity index (χ1n) is 12.3. The maximum Gasteiger partial charge on any atom is 0.273 e. The normalized spacial score (nSPS) is 10.7. The predicted molar refractivity (Wildman–Crippen MR) is 152 cm³/mol. The second-order valence-electron chi connectivity index (χ2n) is 8.47. The van der Waals surface area contributed by atoms with Crippen molar-refractivity contribution in [3.63, 3.8) is 0 Å². The molecule has 0 radical (unpaired) electrons. The minimum Gasteiger partial charge on any atom is -0.495 e. The molecular formula is C28H24N8O2S2. The van der Waals surface area contributed by atoms with Gasteiger partial charge in [-0.2, -0.15) is 5.26 Å². The Morgan fingerprint density at radius 3 is 2.67 bits per heavy atom. The summed E-state index contributed by atoms with van der Waals surface area (Å²) in [5, 5.41) is 21.2. The smallest absolute Gasteiger partial charge is 0.273 e. The van der Waals surface area contributed by atoms with Gasteiger partial charge in [-0.15, -0.1) is 21.5 Å². The van der Waals surface area contributed by atoms with Crippen molar-refractivity contribution in [2.75, 3.05) is 13.7 Å². The summed E-state index contributed by atoms with van der Waals surface area (Å²) in [4.78, 5) is 27.9. The van der Waals surface area contributed by atoms with E-state index in [1.165, 1.54) is 23.1 Å². The lowest BCUT2D eigenvalue weighted by molar-refractivity contribution is 0.0741. The lowest BCUT2D eigenvalue weighted by Gasteiger charge is -2.20. The van der Waals surface area contributed by atoms with Gasteiger partial charge in [-0.1, -0.05) is 30.0 Å². The maximum absolute atomic E-state index is 13.3. The van der Waals surface area contributed by atoms with Gasteiger partial charge < -0.3 is 9.64 Å². The van der Waals surface area contributed by atoms with Crippen LogP contribution in [-0.4, -0.2) is 54.2 Å². The number of amides is 1. The Balaban J connectivity index is 1.37. The quantitative estimate of drug-likeness (QED) is 0.202. The standard InChI is InChI=1S/C28H24N8O2S2/c1-38-24-10-3-2-9-23(24)36-26(21-8-5-13-31-16-21)33-34-28(36)40-19-25-32-22(18-39-25)27(37)35(14-6-11-29)17-20-7-4-12-30-15-20/h2-5,7-10,12-13,15-16,18H,6,14,17,19H2,1H3. The number of carbonyl (C=O) groups is 1. The van der Waals surface area contributed by atoms with Crippen LogP contribution in [-0.2, 0) is 12.3 Å². The summed E-state index contributed by atoms with van der Waals surface area (Å²) in [6, 6.07) is 17.3. The summed E-state index contributed by atoms with van der Waals surface area (Å²) in [5.41, 5.74) is 2.86. The molecule has 0 bridgehead atoms. The second kappa shape index (κ2) is 13.0. The number of carbonyl (C=O) groups excluding carboxylic acids is 1. The molecule has 0 aliphatic heterocycles. The number of nitriles is 1. The summed E-state index contributed by atoms with van der Waals surface area (Å²) in [7, 11) is 1.63. The molecule has 0 saturated heterocycles. The number of para-hydroxylation sites is 2. The van der Waals surface area contributed by atoms with Gasteiger partial charge in [-0.3, -0.25) is 19.3 Å². The van der Waals surface area contributed by atoms with Crippen LogP contribution in [0.25, 0.3) is 17.1 Å². The molecule has 200 valence electrons. The third kappa shape index (κ3) is 6.17. The molecule has 0 aliphatic carbocycles. The number of pyridine rings is 2. The molecule has 4 heterocycles. The van der Waals surface area contributed by atoms with Gasteiger partial charge in [-0.25, -0.2) is 4.98 Å². The van der Waals surface area contributed by atoms with Crippen LogP contribution in [0.3, 0.4) is 0 Å². The van der Waals surface area contributed by atoms with Crippen LogP contribution in [0.1, 0.15) is 27.5 Å². The van der Waals surface area contributed by atoms with Crippen LogP contribution < -0.4 is 4.74 Å². The molecule has 0 atom stereocenters. The Morgan fingerprint density at radius 1 is 1.10 bits per heavy atom. The summed E-state index contributed by atoms with van der Waals surface area (Å²) in [6.45, 7) is 0.667. The molecule has 5 rings (SSSR count). The number of methoxy groups -OCH3 is 1. The van der Waals surface area contributed by atoms with Crippen molar-refractivity contribution in [2.45, 2.75) is 23.9 Å². The van der Waals surface area contributed by atoms with E-state index in [2.05, 4.69) is 31.2 Å². The number of thiazole rings is 1. The highest BCUT2D eigenvalue weighted by molar-refractivity contribution is 7.98. The minimum absolute atomic E-state index is 0.220. The number of thioether (sulfide) groups is 1. The maximum atomic E-state index is 13.3. The second-order valence-corrected chi connectivity index (χ2v) is 10.4. The third-order valence-electron chi connectivity index (χ3n) is 5.85. The highest BCUT2D eigenvalue weighted by atomic mass is 32.2. The van der Waals surface area contributed by atoms with Crippen LogP contribution in [0.2, 0.25) is 0 Å². The molecule has 0 spiro atoms. The number of hydrogen-bond acceptors (Lipinski definition) is 10. The number of hydrogen-bond donors (Lipinski definition) is 0. The van der Waals surface area contributed by atoms with Crippen LogP contribution in [0.4, 0.5) is 0 Å². The van der Waals surface area contributed by atoms with Gasteiger partial charge in [0.15, 0.2) is 11.0 Å². The average Bonchev–Trinajstić information content (AvgIpc) is 3.66. The molecule has 0 unspecified atom stereocenters. The summed E-state index contributed by atoms with van der Waals surface area (Å²) < 4.78 is 7.56. The van der Waals surface area contributed by atoms with E-state index in [1.807, 2.05) is 53.1 Å². The zero-order valence-corrected chi connectivity index (χ0v) is 23.2. The zero-order chi connectivity index (χ0) is 27.7. The molecule has 5 aromatic rings. The Kier molecular flexibility index (Phi) is 8.75. The van der Waals surface area contributed by atoms with E-state index >= 15 is 0 Å². The van der Waals surface area contributed by atoms with E-state index in [0.717, 1.165) is 21.8 Å². The van der Waals surface area contributed by atoms with Crippen LogP contribution in [0.5, 0.6) is 5.75 Å². The third-order valence-corrected chi connectivity index (χ3v) is 7.82.